The molecule has 10 heteroatoms. The molecule has 34 heavy (non-hydrogen) atoms. The van der Waals surface area contributed by atoms with Crippen molar-refractivity contribution in [3.05, 3.63) is 80.8 Å². The average molecular weight is 458 g/mol. The van der Waals surface area contributed by atoms with Crippen LogP contribution in [0.3, 0.4) is 0 Å². The zero-order valence-electron chi connectivity index (χ0n) is 17.7. The van der Waals surface area contributed by atoms with Gasteiger partial charge in [-0.05, 0) is 54.4 Å². The van der Waals surface area contributed by atoms with Gasteiger partial charge in [-0.2, -0.15) is 0 Å². The molecule has 1 heterocycles. The highest BCUT2D eigenvalue weighted by Gasteiger charge is 2.22. The van der Waals surface area contributed by atoms with Crippen LogP contribution in [0.2, 0.25) is 0 Å². The molecule has 2 N–H and O–H groups in total. The summed E-state index contributed by atoms with van der Waals surface area (Å²) in [4.78, 5) is 38.5. The molecule has 0 atom stereocenters. The van der Waals surface area contributed by atoms with E-state index in [1.165, 1.54) is 36.4 Å². The number of fused-ring (bicyclic) bond motifs is 2. The minimum atomic E-state index is -0.367. The minimum Gasteiger partial charge on any atom is -0.508 e. The second kappa shape index (κ2) is 9.76. The molecule has 1 aliphatic heterocycles. The Morgan fingerprint density at radius 3 is 2.79 bits per heavy atom. The number of aromatic hydroxyl groups is 1. The Morgan fingerprint density at radius 2 is 2.00 bits per heavy atom. The van der Waals surface area contributed by atoms with Crippen LogP contribution in [0.1, 0.15) is 16.8 Å². The van der Waals surface area contributed by atoms with Crippen molar-refractivity contribution in [1.82, 2.24) is 5.32 Å². The van der Waals surface area contributed by atoms with Crippen molar-refractivity contribution in [3.63, 3.8) is 0 Å². The summed E-state index contributed by atoms with van der Waals surface area (Å²) in [6.45, 7) is 0.850. The molecule has 0 aromatic heterocycles. The molecule has 10 nitrogen and oxygen atoms in total. The monoisotopic (exact) mass is 458 g/mol. The molecule has 0 spiro atoms. The van der Waals surface area contributed by atoms with Crippen molar-refractivity contribution in [1.29, 1.82) is 0 Å². The van der Waals surface area contributed by atoms with Gasteiger partial charge in [-0.3, -0.25) is 14.4 Å². The number of ether oxygens (including phenoxy) is 1. The van der Waals surface area contributed by atoms with Crippen LogP contribution in [-0.2, 0) is 4.79 Å². The highest BCUT2D eigenvalue weighted by atomic mass is 16.5. The van der Waals surface area contributed by atoms with Gasteiger partial charge >= 0.3 is 0 Å². The Hall–Kier alpha value is -4.82. The number of azide groups is 1. The summed E-state index contributed by atoms with van der Waals surface area (Å²) in [6.07, 6.45) is 0.478. The van der Waals surface area contributed by atoms with E-state index in [-0.39, 0.29) is 41.6 Å². The standard InChI is InChI=1S/C24H18N4O6/c25-28-27-9-1-8-26-24(32)14-2-7-20(33-13-29)19(10-14)23-17-5-3-15(30)11-21(17)34-22-12-16(31)4-6-18(22)23/h2-7,10-13,30H,1,8-9H2,(H,26,32). The van der Waals surface area contributed by atoms with Crippen molar-refractivity contribution in [2.24, 2.45) is 5.11 Å². The van der Waals surface area contributed by atoms with Gasteiger partial charge in [-0.1, -0.05) is 5.11 Å². The van der Waals surface area contributed by atoms with Gasteiger partial charge in [0.15, 0.2) is 5.43 Å². The molecule has 170 valence electrons. The molecule has 1 aliphatic carbocycles. The van der Waals surface area contributed by atoms with E-state index in [2.05, 4.69) is 15.3 Å². The highest BCUT2D eigenvalue weighted by molar-refractivity contribution is 6.05. The number of hydrogen-bond donors (Lipinski definition) is 2. The molecule has 0 fully saturated rings. The van der Waals surface area contributed by atoms with Crippen LogP contribution in [-0.4, -0.2) is 30.6 Å². The van der Waals surface area contributed by atoms with Gasteiger partial charge in [0, 0.05) is 57.8 Å². The van der Waals surface area contributed by atoms with Crippen LogP contribution in [0.25, 0.3) is 43.9 Å². The first-order valence-electron chi connectivity index (χ1n) is 10.2. The van der Waals surface area contributed by atoms with Gasteiger partial charge in [0.1, 0.15) is 22.8 Å². The van der Waals surface area contributed by atoms with Crippen LogP contribution in [0.5, 0.6) is 11.5 Å². The number of benzene rings is 3. The van der Waals surface area contributed by atoms with Gasteiger partial charge in [0.2, 0.25) is 0 Å². The molecule has 1 amide bonds. The van der Waals surface area contributed by atoms with Crippen molar-refractivity contribution >= 4 is 23.3 Å². The summed E-state index contributed by atoms with van der Waals surface area (Å²) in [5.74, 6) is 0.0696. The fourth-order valence-corrected chi connectivity index (χ4v) is 3.67. The maximum Gasteiger partial charge on any atom is 0.298 e. The second-order valence-electron chi connectivity index (χ2n) is 7.30. The summed E-state index contributed by atoms with van der Waals surface area (Å²) >= 11 is 0. The lowest BCUT2D eigenvalue weighted by Gasteiger charge is -2.17. The molecular formula is C24H18N4O6. The van der Waals surface area contributed by atoms with E-state index in [0.29, 0.717) is 46.2 Å². The zero-order chi connectivity index (χ0) is 24.1. The Balaban J connectivity index is 1.88. The topological polar surface area (TPSA) is 155 Å². The SMILES string of the molecule is [N-]=[N+]=NCCCNC(=O)c1ccc(OC=O)c(-c2c3ccc(=O)cc-3oc3cc(O)ccc23)c1. The summed E-state index contributed by atoms with van der Waals surface area (Å²) in [6, 6.07) is 13.4. The minimum absolute atomic E-state index is 0.0296. The number of nitrogens with one attached hydrogen (secondary N) is 1. The van der Waals surface area contributed by atoms with E-state index in [0.717, 1.165) is 0 Å². The van der Waals surface area contributed by atoms with E-state index in [1.807, 2.05) is 0 Å². The van der Waals surface area contributed by atoms with E-state index in [4.69, 9.17) is 14.7 Å². The molecule has 0 saturated carbocycles. The third-order valence-electron chi connectivity index (χ3n) is 5.15. The van der Waals surface area contributed by atoms with Gasteiger partial charge in [0.05, 0.1) is 0 Å². The number of phenols is 1. The van der Waals surface area contributed by atoms with Gasteiger partial charge in [0.25, 0.3) is 12.4 Å². The molecule has 2 aromatic rings. The van der Waals surface area contributed by atoms with Crippen LogP contribution >= 0.6 is 0 Å². The first-order chi connectivity index (χ1) is 16.5. The molecule has 4 rings (SSSR count). The fourth-order valence-electron chi connectivity index (χ4n) is 3.67. The van der Waals surface area contributed by atoms with E-state index in [9.17, 15) is 19.5 Å². The number of rotatable bonds is 8. The van der Waals surface area contributed by atoms with Gasteiger partial charge in [-0.15, -0.1) is 0 Å². The Bertz CT molecular complexity index is 1470. The number of carbonyl (C=O) groups excluding carboxylic acids is 2. The quantitative estimate of drug-likeness (QED) is 0.100. The first kappa shape index (κ1) is 22.4. The molecule has 0 bridgehead atoms. The summed E-state index contributed by atoms with van der Waals surface area (Å²) < 4.78 is 11.0. The number of hydrogen-bond acceptors (Lipinski definition) is 7. The molecular weight excluding hydrogens is 440 g/mol. The van der Waals surface area contributed by atoms with Crippen LogP contribution < -0.4 is 15.5 Å². The zero-order valence-corrected chi connectivity index (χ0v) is 17.7. The lowest BCUT2D eigenvalue weighted by Crippen LogP contribution is -2.24. The fraction of sp³-hybridized carbons (Fsp3) is 0.125. The van der Waals surface area contributed by atoms with Crippen LogP contribution in [0, 0.1) is 0 Å². The van der Waals surface area contributed by atoms with Gasteiger partial charge < -0.3 is 19.6 Å². The van der Waals surface area contributed by atoms with Crippen molar-refractivity contribution in [2.75, 3.05) is 13.1 Å². The molecule has 0 saturated heterocycles. The highest BCUT2D eigenvalue weighted by Crippen LogP contribution is 2.44. The van der Waals surface area contributed by atoms with Crippen molar-refractivity contribution in [3.8, 4) is 33.9 Å². The normalized spacial score (nSPS) is 10.6. The number of phenolic OH excluding ortho intramolecular Hbond substituents is 1. The molecule has 2 aliphatic rings. The van der Waals surface area contributed by atoms with Crippen LogP contribution in [0.15, 0.2) is 68.9 Å². The number of nitrogens with zero attached hydrogens (tertiary/aromatic N) is 3. The third kappa shape index (κ3) is 4.52. The first-order valence-corrected chi connectivity index (χ1v) is 10.2. The van der Waals surface area contributed by atoms with Crippen LogP contribution in [0.4, 0.5) is 0 Å². The lowest BCUT2D eigenvalue weighted by atomic mass is 9.92. The third-order valence-corrected chi connectivity index (χ3v) is 5.15. The van der Waals surface area contributed by atoms with Crippen molar-refractivity contribution < 1.29 is 23.8 Å². The lowest BCUT2D eigenvalue weighted by molar-refractivity contribution is -0.120. The Labute approximate surface area is 192 Å². The van der Waals surface area contributed by atoms with E-state index < -0.39 is 0 Å². The van der Waals surface area contributed by atoms with E-state index in [1.54, 1.807) is 18.2 Å². The number of carbonyl (C=O) groups is 2. The predicted octanol–water partition coefficient (Wildman–Crippen LogP) is 4.24. The largest absolute Gasteiger partial charge is 0.508 e. The summed E-state index contributed by atoms with van der Waals surface area (Å²) in [5, 5.41) is 16.7. The maximum atomic E-state index is 12.7. The van der Waals surface area contributed by atoms with E-state index >= 15 is 0 Å². The number of amides is 1. The molecule has 0 unspecified atom stereocenters. The summed E-state index contributed by atoms with van der Waals surface area (Å²) in [7, 11) is 0. The smallest absolute Gasteiger partial charge is 0.298 e. The molecule has 2 aromatic carbocycles. The molecule has 0 radical (unpaired) electrons. The average Bonchev–Trinajstić information content (AvgIpc) is 2.82. The Kier molecular flexibility index (Phi) is 6.42. The summed E-state index contributed by atoms with van der Waals surface area (Å²) in [5.41, 5.74) is 10.2. The second-order valence-corrected chi connectivity index (χ2v) is 7.30. The predicted molar refractivity (Wildman–Crippen MR) is 124 cm³/mol. The van der Waals surface area contributed by atoms with Crippen molar-refractivity contribution in [2.45, 2.75) is 6.42 Å². The van der Waals surface area contributed by atoms with Gasteiger partial charge in [-0.25, -0.2) is 0 Å². The Morgan fingerprint density at radius 1 is 1.15 bits per heavy atom. The maximum absolute atomic E-state index is 12.7.